The summed E-state index contributed by atoms with van der Waals surface area (Å²) in [7, 11) is -2.47. The van der Waals surface area contributed by atoms with Crippen LogP contribution in [0.3, 0.4) is 0 Å². The minimum absolute atomic E-state index is 0.0739. The van der Waals surface area contributed by atoms with Gasteiger partial charge in [0.15, 0.2) is 11.6 Å². The number of aromatic nitrogens is 3. The van der Waals surface area contributed by atoms with Gasteiger partial charge in [-0.2, -0.15) is 0 Å². The molecule has 1 atom stereocenters. The monoisotopic (exact) mass is 539 g/mol. The maximum absolute atomic E-state index is 14.3. The Morgan fingerprint density at radius 3 is 2.62 bits per heavy atom. The maximum Gasteiger partial charge on any atom is 0.253 e. The Hall–Kier alpha value is -3.63. The van der Waals surface area contributed by atoms with Crippen LogP contribution in [0, 0.1) is 25.5 Å². The standard InChI is InChI=1S/C29H30F2N4O4/c1-16-28(17(2)39-33-16)18-4-11-25-24(12-18)32-29(35(25)19-5-8-21(37-3)9-6-19)26-14-38-15-27(36)34(26)20-7-10-22(30)23(31)13-20/h4,7,10-13,19,21,26H,5-6,8-9,14-15H2,1-3H3/t19?,21?,26-/m0/s1/i3D3. The molecule has 8 nitrogen and oxygen atoms in total. The van der Waals surface area contributed by atoms with Gasteiger partial charge in [0.05, 0.1) is 33.6 Å². The van der Waals surface area contributed by atoms with Crippen LogP contribution in [-0.2, 0) is 14.3 Å². The van der Waals surface area contributed by atoms with Crippen LogP contribution in [0.25, 0.3) is 22.2 Å². The van der Waals surface area contributed by atoms with Crippen LogP contribution in [0.1, 0.15) is 59.2 Å². The average Bonchev–Trinajstić information content (AvgIpc) is 3.48. The van der Waals surface area contributed by atoms with Crippen LogP contribution in [0.5, 0.6) is 0 Å². The number of imidazole rings is 1. The highest BCUT2D eigenvalue weighted by atomic mass is 19.2. The summed E-state index contributed by atoms with van der Waals surface area (Å²) >= 11 is 0. The SMILES string of the molecule is [2H]C([2H])([2H])OC1CCC(n2c([C@@H]3COCC(=O)N3c3ccc(F)c(F)c3)nc3cc(-c4c(C)noc4C)ccc32)CC1. The Labute approximate surface area is 228 Å². The zero-order valence-electron chi connectivity index (χ0n) is 24.6. The molecule has 4 aromatic rings. The Bertz CT molecular complexity index is 1630. The number of carbonyl (C=O) groups is 1. The van der Waals surface area contributed by atoms with Crippen LogP contribution in [0.15, 0.2) is 40.9 Å². The molecule has 0 unspecified atom stereocenters. The second-order valence-electron chi connectivity index (χ2n) is 10.2. The number of nitrogens with zero attached hydrogens (tertiary/aromatic N) is 4. The molecule has 0 bridgehead atoms. The van der Waals surface area contributed by atoms with Crippen molar-refractivity contribution in [1.82, 2.24) is 14.7 Å². The van der Waals surface area contributed by atoms with Gasteiger partial charge in [0.2, 0.25) is 0 Å². The van der Waals surface area contributed by atoms with Crippen LogP contribution in [0.4, 0.5) is 14.5 Å². The van der Waals surface area contributed by atoms with Gasteiger partial charge in [-0.1, -0.05) is 11.2 Å². The molecule has 0 N–H and O–H groups in total. The van der Waals surface area contributed by atoms with Gasteiger partial charge in [0, 0.05) is 30.4 Å². The zero-order chi connectivity index (χ0) is 29.8. The predicted molar refractivity (Wildman–Crippen MR) is 140 cm³/mol. The van der Waals surface area contributed by atoms with E-state index in [0.29, 0.717) is 42.8 Å². The molecule has 6 rings (SSSR count). The molecule has 1 aliphatic heterocycles. The molecule has 2 aromatic heterocycles. The molecule has 39 heavy (non-hydrogen) atoms. The van der Waals surface area contributed by atoms with Crippen molar-refractivity contribution in [3.63, 3.8) is 0 Å². The lowest BCUT2D eigenvalue weighted by Crippen LogP contribution is -2.45. The summed E-state index contributed by atoms with van der Waals surface area (Å²) in [6.45, 7) is 3.60. The number of morpholine rings is 1. The number of methoxy groups -OCH3 is 1. The van der Waals surface area contributed by atoms with E-state index in [1.807, 2.05) is 32.0 Å². The third-order valence-corrected chi connectivity index (χ3v) is 7.78. The highest BCUT2D eigenvalue weighted by Crippen LogP contribution is 2.40. The van der Waals surface area contributed by atoms with Crippen molar-refractivity contribution in [1.29, 1.82) is 0 Å². The van der Waals surface area contributed by atoms with E-state index in [9.17, 15) is 13.6 Å². The summed E-state index contributed by atoms with van der Waals surface area (Å²) in [4.78, 5) is 19.6. The summed E-state index contributed by atoms with van der Waals surface area (Å²) in [5, 5.41) is 4.07. The lowest BCUT2D eigenvalue weighted by molar-refractivity contribution is -0.127. The zero-order valence-corrected chi connectivity index (χ0v) is 21.6. The molecule has 1 aliphatic carbocycles. The number of rotatable bonds is 5. The second kappa shape index (κ2) is 10.2. The Morgan fingerprint density at radius 2 is 1.90 bits per heavy atom. The smallest absolute Gasteiger partial charge is 0.253 e. The van der Waals surface area contributed by atoms with Gasteiger partial charge >= 0.3 is 0 Å². The highest BCUT2D eigenvalue weighted by molar-refractivity contribution is 5.96. The Morgan fingerprint density at radius 1 is 1.08 bits per heavy atom. The molecular formula is C29H30F2N4O4. The van der Waals surface area contributed by atoms with Crippen molar-refractivity contribution in [2.75, 3.05) is 25.2 Å². The topological polar surface area (TPSA) is 82.6 Å². The van der Waals surface area contributed by atoms with E-state index in [1.165, 1.54) is 11.0 Å². The molecule has 0 radical (unpaired) electrons. The van der Waals surface area contributed by atoms with Crippen LogP contribution < -0.4 is 4.90 Å². The van der Waals surface area contributed by atoms with Gasteiger partial charge in [-0.3, -0.25) is 9.69 Å². The largest absolute Gasteiger partial charge is 0.381 e. The van der Waals surface area contributed by atoms with E-state index < -0.39 is 36.7 Å². The van der Waals surface area contributed by atoms with E-state index in [0.717, 1.165) is 34.5 Å². The molecule has 1 amide bonds. The minimum atomic E-state index is -2.47. The molecule has 3 heterocycles. The van der Waals surface area contributed by atoms with Gasteiger partial charge in [-0.05, 0) is 69.4 Å². The fourth-order valence-electron chi connectivity index (χ4n) is 5.93. The van der Waals surface area contributed by atoms with E-state index >= 15 is 0 Å². The average molecular weight is 540 g/mol. The first-order chi connectivity index (χ1) is 20.0. The van der Waals surface area contributed by atoms with Gasteiger partial charge in [0.25, 0.3) is 5.91 Å². The van der Waals surface area contributed by atoms with E-state index in [-0.39, 0.29) is 24.9 Å². The second-order valence-corrected chi connectivity index (χ2v) is 10.2. The first kappa shape index (κ1) is 22.2. The lowest BCUT2D eigenvalue weighted by atomic mass is 9.92. The number of anilines is 1. The maximum atomic E-state index is 14.3. The molecule has 2 aromatic carbocycles. The Balaban J connectivity index is 1.46. The summed E-state index contributed by atoms with van der Waals surface area (Å²) in [6.07, 6.45) is 1.92. The summed E-state index contributed by atoms with van der Waals surface area (Å²) in [5.41, 5.74) is 4.19. The summed E-state index contributed by atoms with van der Waals surface area (Å²) in [6, 6.07) is 8.45. The van der Waals surface area contributed by atoms with Crippen molar-refractivity contribution in [2.24, 2.45) is 0 Å². The molecule has 0 spiro atoms. The number of amides is 1. The highest BCUT2D eigenvalue weighted by Gasteiger charge is 2.37. The number of ether oxygens (including phenoxy) is 2. The molecule has 204 valence electrons. The van der Waals surface area contributed by atoms with Crippen molar-refractivity contribution in [3.05, 3.63) is 65.3 Å². The molecule has 2 fully saturated rings. The van der Waals surface area contributed by atoms with Crippen molar-refractivity contribution in [2.45, 2.75) is 57.7 Å². The first-order valence-corrected chi connectivity index (χ1v) is 13.0. The van der Waals surface area contributed by atoms with Gasteiger partial charge in [0.1, 0.15) is 24.2 Å². The Kier molecular flexibility index (Phi) is 5.79. The summed E-state index contributed by atoms with van der Waals surface area (Å²) < 4.78 is 68.9. The predicted octanol–water partition coefficient (Wildman–Crippen LogP) is 5.82. The fraction of sp³-hybridized carbons (Fsp3) is 0.414. The van der Waals surface area contributed by atoms with Crippen molar-refractivity contribution in [3.8, 4) is 11.1 Å². The van der Waals surface area contributed by atoms with Crippen molar-refractivity contribution < 1.29 is 31.7 Å². The molecule has 1 saturated heterocycles. The molecular weight excluding hydrogens is 506 g/mol. The third kappa shape index (κ3) is 4.51. The number of aryl methyl sites for hydroxylation is 2. The van der Waals surface area contributed by atoms with E-state index in [1.54, 1.807) is 0 Å². The molecule has 2 aliphatic rings. The number of benzene rings is 2. The number of hydrogen-bond acceptors (Lipinski definition) is 6. The quantitative estimate of drug-likeness (QED) is 0.318. The third-order valence-electron chi connectivity index (χ3n) is 7.78. The van der Waals surface area contributed by atoms with Crippen LogP contribution in [0.2, 0.25) is 0 Å². The number of hydrogen-bond donors (Lipinski definition) is 0. The van der Waals surface area contributed by atoms with Crippen molar-refractivity contribution >= 4 is 22.6 Å². The minimum Gasteiger partial charge on any atom is -0.381 e. The number of carbonyl (C=O) groups excluding carboxylic acids is 1. The number of halogens is 2. The van der Waals surface area contributed by atoms with E-state index in [2.05, 4.69) is 9.72 Å². The van der Waals surface area contributed by atoms with E-state index in [4.69, 9.17) is 23.1 Å². The van der Waals surface area contributed by atoms with Gasteiger partial charge < -0.3 is 18.6 Å². The molecule has 1 saturated carbocycles. The van der Waals surface area contributed by atoms with Crippen LogP contribution in [-0.4, -0.2) is 47.0 Å². The fourth-order valence-corrected chi connectivity index (χ4v) is 5.93. The number of fused-ring (bicyclic) bond motifs is 1. The van der Waals surface area contributed by atoms with Crippen LogP contribution >= 0.6 is 0 Å². The summed E-state index contributed by atoms with van der Waals surface area (Å²) in [5.74, 6) is -1.25. The van der Waals surface area contributed by atoms with Gasteiger partial charge in [-0.15, -0.1) is 0 Å². The normalized spacial score (nSPS) is 23.6. The van der Waals surface area contributed by atoms with Gasteiger partial charge in [-0.25, -0.2) is 13.8 Å². The molecule has 10 heteroatoms. The lowest BCUT2D eigenvalue weighted by Gasteiger charge is -2.37. The first-order valence-electron chi connectivity index (χ1n) is 14.5.